The Morgan fingerprint density at radius 3 is 2.27 bits per heavy atom. The van der Waals surface area contributed by atoms with E-state index in [1.807, 2.05) is 26.0 Å². The Balaban J connectivity index is 1.82. The standard InChI is InChI=1S/C26H42O4/c1-4-5-6-7-20-8-10-22(11-9-20)23-12-14-24(15-13-23)30-25(29)26(2,3)17-16-21(18-27)19-28/h12-15,20-22,27-28H,4-11,16-19H2,1-3H3. The zero-order valence-electron chi connectivity index (χ0n) is 19.2. The molecule has 4 nitrogen and oxygen atoms in total. The third-order valence-electron chi connectivity index (χ3n) is 6.87. The third kappa shape index (κ3) is 7.70. The normalized spacial score (nSPS) is 19.8. The van der Waals surface area contributed by atoms with Gasteiger partial charge in [0, 0.05) is 19.1 Å². The van der Waals surface area contributed by atoms with Crippen LogP contribution in [0.15, 0.2) is 24.3 Å². The van der Waals surface area contributed by atoms with E-state index in [-0.39, 0.29) is 25.1 Å². The van der Waals surface area contributed by atoms with Crippen LogP contribution in [0.2, 0.25) is 0 Å². The minimum Gasteiger partial charge on any atom is -0.426 e. The van der Waals surface area contributed by atoms with Gasteiger partial charge in [0.15, 0.2) is 0 Å². The highest BCUT2D eigenvalue weighted by Crippen LogP contribution is 2.38. The molecular formula is C26H42O4. The second-order valence-electron chi connectivity index (χ2n) is 9.83. The van der Waals surface area contributed by atoms with Gasteiger partial charge in [0.25, 0.3) is 0 Å². The molecule has 4 heteroatoms. The van der Waals surface area contributed by atoms with Gasteiger partial charge in [0.2, 0.25) is 0 Å². The number of aliphatic hydroxyl groups excluding tert-OH is 2. The van der Waals surface area contributed by atoms with Crippen molar-refractivity contribution in [1.29, 1.82) is 0 Å². The second-order valence-corrected chi connectivity index (χ2v) is 9.83. The van der Waals surface area contributed by atoms with Gasteiger partial charge >= 0.3 is 5.97 Å². The molecule has 1 fully saturated rings. The lowest BCUT2D eigenvalue weighted by molar-refractivity contribution is -0.144. The van der Waals surface area contributed by atoms with E-state index in [0.29, 0.717) is 24.5 Å². The van der Waals surface area contributed by atoms with E-state index in [0.717, 1.165) is 5.92 Å². The molecular weight excluding hydrogens is 376 g/mol. The first kappa shape index (κ1) is 24.9. The molecule has 1 aliphatic rings. The molecule has 1 aromatic rings. The molecule has 0 spiro atoms. The lowest BCUT2D eigenvalue weighted by Crippen LogP contribution is -2.30. The van der Waals surface area contributed by atoms with E-state index in [4.69, 9.17) is 4.74 Å². The first-order chi connectivity index (χ1) is 14.4. The topological polar surface area (TPSA) is 66.8 Å². The second kappa shape index (κ2) is 12.5. The minimum absolute atomic E-state index is 0.0657. The van der Waals surface area contributed by atoms with E-state index < -0.39 is 5.41 Å². The van der Waals surface area contributed by atoms with Crippen LogP contribution in [0.5, 0.6) is 5.75 Å². The molecule has 0 bridgehead atoms. The van der Waals surface area contributed by atoms with Crippen LogP contribution >= 0.6 is 0 Å². The molecule has 2 rings (SSSR count). The predicted molar refractivity (Wildman–Crippen MR) is 122 cm³/mol. The Labute approximate surface area is 183 Å². The van der Waals surface area contributed by atoms with E-state index in [1.54, 1.807) is 0 Å². The van der Waals surface area contributed by atoms with Crippen molar-refractivity contribution in [1.82, 2.24) is 0 Å². The average Bonchev–Trinajstić information content (AvgIpc) is 2.75. The van der Waals surface area contributed by atoms with Crippen LogP contribution in [0.1, 0.15) is 96.5 Å². The van der Waals surface area contributed by atoms with Gasteiger partial charge in [-0.1, -0.05) is 44.7 Å². The number of aliphatic hydroxyl groups is 2. The molecule has 2 N–H and O–H groups in total. The maximum atomic E-state index is 12.6. The van der Waals surface area contributed by atoms with Gasteiger partial charge in [0.1, 0.15) is 5.75 Å². The molecule has 0 amide bonds. The van der Waals surface area contributed by atoms with E-state index >= 15 is 0 Å². The Morgan fingerprint density at radius 2 is 1.70 bits per heavy atom. The number of rotatable bonds is 12. The summed E-state index contributed by atoms with van der Waals surface area (Å²) in [6, 6.07) is 8.07. The molecule has 0 radical (unpaired) electrons. The van der Waals surface area contributed by atoms with Gasteiger partial charge in [-0.25, -0.2) is 0 Å². The molecule has 1 aromatic carbocycles. The zero-order chi connectivity index (χ0) is 22.0. The molecule has 1 aliphatic carbocycles. The van der Waals surface area contributed by atoms with Crippen molar-refractivity contribution in [2.45, 2.75) is 90.9 Å². The maximum absolute atomic E-state index is 12.6. The van der Waals surface area contributed by atoms with Crippen molar-refractivity contribution in [3.63, 3.8) is 0 Å². The van der Waals surface area contributed by atoms with Crippen LogP contribution in [0.3, 0.4) is 0 Å². The Kier molecular flexibility index (Phi) is 10.3. The maximum Gasteiger partial charge on any atom is 0.316 e. The SMILES string of the molecule is CCCCCC1CCC(c2ccc(OC(=O)C(C)(C)CCC(CO)CO)cc2)CC1. The Bertz CT molecular complexity index is 610. The minimum atomic E-state index is -0.655. The largest absolute Gasteiger partial charge is 0.426 e. The number of carbonyl (C=O) groups excluding carboxylic acids is 1. The summed E-state index contributed by atoms with van der Waals surface area (Å²) in [7, 11) is 0. The summed E-state index contributed by atoms with van der Waals surface area (Å²) in [5.41, 5.74) is 0.701. The smallest absolute Gasteiger partial charge is 0.316 e. The molecule has 0 aliphatic heterocycles. The van der Waals surface area contributed by atoms with Crippen LogP contribution in [-0.2, 0) is 4.79 Å². The van der Waals surface area contributed by atoms with Crippen molar-refractivity contribution < 1.29 is 19.7 Å². The van der Waals surface area contributed by atoms with Crippen LogP contribution in [0.4, 0.5) is 0 Å². The number of ether oxygens (including phenoxy) is 1. The molecule has 0 saturated heterocycles. The first-order valence-corrected chi connectivity index (χ1v) is 11.9. The van der Waals surface area contributed by atoms with Gasteiger partial charge in [-0.3, -0.25) is 4.79 Å². The van der Waals surface area contributed by atoms with Gasteiger partial charge in [0.05, 0.1) is 5.41 Å². The lowest BCUT2D eigenvalue weighted by atomic mass is 9.77. The number of esters is 1. The zero-order valence-corrected chi connectivity index (χ0v) is 19.2. The first-order valence-electron chi connectivity index (χ1n) is 11.9. The fourth-order valence-electron chi connectivity index (χ4n) is 4.43. The van der Waals surface area contributed by atoms with Crippen molar-refractivity contribution in [2.75, 3.05) is 13.2 Å². The molecule has 0 heterocycles. The van der Waals surface area contributed by atoms with Crippen molar-refractivity contribution in [2.24, 2.45) is 17.3 Å². The highest BCUT2D eigenvalue weighted by molar-refractivity contribution is 5.78. The quantitative estimate of drug-likeness (QED) is 0.254. The third-order valence-corrected chi connectivity index (χ3v) is 6.87. The summed E-state index contributed by atoms with van der Waals surface area (Å²) in [5, 5.41) is 18.4. The van der Waals surface area contributed by atoms with Crippen LogP contribution < -0.4 is 4.74 Å². The molecule has 0 aromatic heterocycles. The van der Waals surface area contributed by atoms with Crippen molar-refractivity contribution in [3.8, 4) is 5.75 Å². The number of carbonyl (C=O) groups is 1. The van der Waals surface area contributed by atoms with Gasteiger partial charge in [-0.15, -0.1) is 0 Å². The Hall–Kier alpha value is -1.39. The van der Waals surface area contributed by atoms with E-state index in [2.05, 4.69) is 19.1 Å². The van der Waals surface area contributed by atoms with Gasteiger partial charge < -0.3 is 14.9 Å². The van der Waals surface area contributed by atoms with Gasteiger partial charge in [-0.2, -0.15) is 0 Å². The molecule has 0 atom stereocenters. The number of hydrogen-bond donors (Lipinski definition) is 2. The summed E-state index contributed by atoms with van der Waals surface area (Å²) in [4.78, 5) is 12.6. The summed E-state index contributed by atoms with van der Waals surface area (Å²) >= 11 is 0. The summed E-state index contributed by atoms with van der Waals surface area (Å²) in [6.07, 6.45) is 11.8. The summed E-state index contributed by atoms with van der Waals surface area (Å²) in [6.45, 7) is 5.85. The van der Waals surface area contributed by atoms with E-state index in [9.17, 15) is 15.0 Å². The molecule has 0 unspecified atom stereocenters. The van der Waals surface area contributed by atoms with Crippen LogP contribution in [0, 0.1) is 17.3 Å². The lowest BCUT2D eigenvalue weighted by Gasteiger charge is -2.29. The monoisotopic (exact) mass is 418 g/mol. The predicted octanol–water partition coefficient (Wildman–Crippen LogP) is 5.85. The summed E-state index contributed by atoms with van der Waals surface area (Å²) in [5.74, 6) is 1.68. The highest BCUT2D eigenvalue weighted by Gasteiger charge is 2.30. The molecule has 170 valence electrons. The fraction of sp³-hybridized carbons (Fsp3) is 0.731. The summed E-state index contributed by atoms with van der Waals surface area (Å²) < 4.78 is 5.63. The number of unbranched alkanes of at least 4 members (excludes halogenated alkanes) is 2. The Morgan fingerprint density at radius 1 is 1.07 bits per heavy atom. The number of hydrogen-bond acceptors (Lipinski definition) is 4. The number of benzene rings is 1. The van der Waals surface area contributed by atoms with Crippen molar-refractivity contribution in [3.05, 3.63) is 29.8 Å². The highest BCUT2D eigenvalue weighted by atomic mass is 16.5. The molecule has 1 saturated carbocycles. The van der Waals surface area contributed by atoms with Crippen LogP contribution in [-0.4, -0.2) is 29.4 Å². The van der Waals surface area contributed by atoms with E-state index in [1.165, 1.54) is 56.9 Å². The molecule has 30 heavy (non-hydrogen) atoms. The fourth-order valence-corrected chi connectivity index (χ4v) is 4.43. The average molecular weight is 419 g/mol. The van der Waals surface area contributed by atoms with Crippen molar-refractivity contribution >= 4 is 5.97 Å². The van der Waals surface area contributed by atoms with Crippen LogP contribution in [0.25, 0.3) is 0 Å². The van der Waals surface area contributed by atoms with Gasteiger partial charge in [-0.05, 0) is 81.9 Å².